The Balaban J connectivity index is 2.08. The summed E-state index contributed by atoms with van der Waals surface area (Å²) in [6, 6.07) is 16.0. The van der Waals surface area contributed by atoms with Crippen LogP contribution in [-0.4, -0.2) is 4.57 Å². The maximum atomic E-state index is 9.25. The van der Waals surface area contributed by atoms with Crippen molar-refractivity contribution >= 4 is 38.4 Å². The fourth-order valence-electron chi connectivity index (χ4n) is 2.28. The largest absolute Gasteiger partial charge is 0.342 e. The van der Waals surface area contributed by atoms with Gasteiger partial charge in [-0.15, -0.1) is 0 Å². The van der Waals surface area contributed by atoms with E-state index in [2.05, 4.69) is 26.6 Å². The van der Waals surface area contributed by atoms with Gasteiger partial charge in [-0.3, -0.25) is 0 Å². The molecule has 0 saturated heterocycles. The number of benzene rings is 2. The second kappa shape index (κ2) is 5.32. The zero-order valence-corrected chi connectivity index (χ0v) is 12.8. The molecule has 0 fully saturated rings. The van der Waals surface area contributed by atoms with Crippen molar-refractivity contribution in [3.05, 3.63) is 69.3 Å². The van der Waals surface area contributed by atoms with Crippen LogP contribution in [0.25, 0.3) is 10.9 Å². The molecule has 0 amide bonds. The summed E-state index contributed by atoms with van der Waals surface area (Å²) in [5.74, 6) is 0. The Morgan fingerprint density at radius 1 is 1.15 bits per heavy atom. The van der Waals surface area contributed by atoms with Crippen molar-refractivity contribution in [2.75, 3.05) is 0 Å². The summed E-state index contributed by atoms with van der Waals surface area (Å²) in [6.45, 7) is 0.719. The second-order valence-electron chi connectivity index (χ2n) is 4.57. The molecule has 0 atom stereocenters. The Kier molecular flexibility index (Phi) is 3.52. The third-order valence-electron chi connectivity index (χ3n) is 3.23. The van der Waals surface area contributed by atoms with Crippen molar-refractivity contribution < 1.29 is 0 Å². The van der Waals surface area contributed by atoms with Gasteiger partial charge in [-0.05, 0) is 35.9 Å². The molecule has 2 nitrogen and oxygen atoms in total. The Morgan fingerprint density at radius 3 is 2.60 bits per heavy atom. The van der Waals surface area contributed by atoms with Gasteiger partial charge in [-0.2, -0.15) is 5.26 Å². The van der Waals surface area contributed by atoms with E-state index in [0.717, 1.165) is 32.5 Å². The first kappa shape index (κ1) is 13.2. The lowest BCUT2D eigenvalue weighted by Crippen LogP contribution is -1.97. The molecule has 0 N–H and O–H groups in total. The predicted molar refractivity (Wildman–Crippen MR) is 84.9 cm³/mol. The molecule has 0 radical (unpaired) electrons. The first-order valence-electron chi connectivity index (χ1n) is 6.10. The van der Waals surface area contributed by atoms with Crippen LogP contribution in [0.4, 0.5) is 0 Å². The van der Waals surface area contributed by atoms with E-state index in [1.54, 1.807) is 0 Å². The molecular formula is C16H10BrClN2. The van der Waals surface area contributed by atoms with Crippen LogP contribution in [0.15, 0.2) is 53.1 Å². The fourth-order valence-corrected chi connectivity index (χ4v) is 2.76. The molecule has 1 heterocycles. The van der Waals surface area contributed by atoms with E-state index in [-0.39, 0.29) is 0 Å². The van der Waals surface area contributed by atoms with Crippen molar-refractivity contribution in [3.63, 3.8) is 0 Å². The lowest BCUT2D eigenvalue weighted by Gasteiger charge is -2.05. The minimum Gasteiger partial charge on any atom is -0.342 e. The highest BCUT2D eigenvalue weighted by atomic mass is 79.9. The van der Waals surface area contributed by atoms with Crippen molar-refractivity contribution in [1.29, 1.82) is 5.26 Å². The van der Waals surface area contributed by atoms with E-state index in [1.165, 1.54) is 0 Å². The molecule has 1 aromatic heterocycles. The summed E-state index contributed by atoms with van der Waals surface area (Å²) >= 11 is 9.35. The van der Waals surface area contributed by atoms with Crippen LogP contribution in [0.3, 0.4) is 0 Å². The minimum absolute atomic E-state index is 0.690. The lowest BCUT2D eigenvalue weighted by molar-refractivity contribution is 0.836. The van der Waals surface area contributed by atoms with Crippen LogP contribution in [0, 0.1) is 11.3 Å². The molecule has 3 aromatic rings. The third kappa shape index (κ3) is 2.45. The zero-order chi connectivity index (χ0) is 14.1. The molecule has 0 aliphatic carbocycles. The Bertz CT molecular complexity index is 813. The van der Waals surface area contributed by atoms with Gasteiger partial charge in [0.15, 0.2) is 0 Å². The van der Waals surface area contributed by atoms with E-state index in [4.69, 9.17) is 11.6 Å². The van der Waals surface area contributed by atoms with Gasteiger partial charge in [0.05, 0.1) is 5.56 Å². The summed E-state index contributed by atoms with van der Waals surface area (Å²) in [4.78, 5) is 0. The number of hydrogen-bond acceptors (Lipinski definition) is 1. The van der Waals surface area contributed by atoms with Crippen LogP contribution in [-0.2, 0) is 6.54 Å². The van der Waals surface area contributed by atoms with Gasteiger partial charge >= 0.3 is 0 Å². The normalized spacial score (nSPS) is 10.7. The van der Waals surface area contributed by atoms with Gasteiger partial charge in [0.1, 0.15) is 6.07 Å². The minimum atomic E-state index is 0.690. The van der Waals surface area contributed by atoms with Crippen LogP contribution in [0.2, 0.25) is 5.02 Å². The highest BCUT2D eigenvalue weighted by Crippen LogP contribution is 2.25. The predicted octanol–water partition coefficient (Wildman–Crippen LogP) is 4.98. The molecule has 3 rings (SSSR count). The number of aromatic nitrogens is 1. The van der Waals surface area contributed by atoms with Crippen molar-refractivity contribution in [1.82, 2.24) is 4.57 Å². The Hall–Kier alpha value is -1.76. The maximum Gasteiger partial charge on any atom is 0.101 e. The average Bonchev–Trinajstić information content (AvgIpc) is 2.78. The Morgan fingerprint density at radius 2 is 1.90 bits per heavy atom. The van der Waals surface area contributed by atoms with E-state index < -0.39 is 0 Å². The molecule has 4 heteroatoms. The van der Waals surface area contributed by atoms with Crippen LogP contribution < -0.4 is 0 Å². The average molecular weight is 346 g/mol. The Labute approximate surface area is 130 Å². The molecule has 20 heavy (non-hydrogen) atoms. The molecule has 98 valence electrons. The number of rotatable bonds is 2. The van der Waals surface area contributed by atoms with Crippen LogP contribution >= 0.6 is 27.5 Å². The van der Waals surface area contributed by atoms with Crippen molar-refractivity contribution in [2.45, 2.75) is 6.54 Å². The van der Waals surface area contributed by atoms with Crippen LogP contribution in [0.5, 0.6) is 0 Å². The summed E-state index contributed by atoms with van der Waals surface area (Å²) < 4.78 is 3.06. The lowest BCUT2D eigenvalue weighted by atomic mass is 10.2. The van der Waals surface area contributed by atoms with E-state index in [9.17, 15) is 5.26 Å². The first-order valence-corrected chi connectivity index (χ1v) is 7.27. The molecule has 0 saturated carbocycles. The molecule has 0 aliphatic heterocycles. The van der Waals surface area contributed by atoms with Gasteiger partial charge in [-0.1, -0.05) is 39.7 Å². The van der Waals surface area contributed by atoms with Gasteiger partial charge in [0, 0.05) is 33.1 Å². The van der Waals surface area contributed by atoms with E-state index in [1.807, 2.05) is 48.7 Å². The van der Waals surface area contributed by atoms with Crippen LogP contribution in [0.1, 0.15) is 11.1 Å². The molecule has 0 aliphatic rings. The second-order valence-corrected chi connectivity index (χ2v) is 5.92. The fraction of sp³-hybridized carbons (Fsp3) is 0.0625. The number of fused-ring (bicyclic) bond motifs is 1. The highest BCUT2D eigenvalue weighted by molar-refractivity contribution is 9.10. The number of hydrogen-bond donors (Lipinski definition) is 0. The number of nitrogens with zero attached hydrogens (tertiary/aromatic N) is 2. The van der Waals surface area contributed by atoms with E-state index in [0.29, 0.717) is 5.56 Å². The summed E-state index contributed by atoms with van der Waals surface area (Å²) in [6.07, 6.45) is 1.89. The standard InChI is InChI=1S/C16H10BrClN2/c17-13-3-6-16-15(7-13)12(8-19)10-20(16)9-11-1-4-14(18)5-2-11/h1-7,10H,9H2. The summed E-state index contributed by atoms with van der Waals surface area (Å²) in [7, 11) is 0. The van der Waals surface area contributed by atoms with Crippen molar-refractivity contribution in [3.8, 4) is 6.07 Å². The molecule has 0 spiro atoms. The third-order valence-corrected chi connectivity index (χ3v) is 3.97. The van der Waals surface area contributed by atoms with E-state index >= 15 is 0 Å². The van der Waals surface area contributed by atoms with Gasteiger partial charge in [0.25, 0.3) is 0 Å². The summed E-state index contributed by atoms with van der Waals surface area (Å²) in [5, 5.41) is 10.9. The highest BCUT2D eigenvalue weighted by Gasteiger charge is 2.09. The number of halogens is 2. The maximum absolute atomic E-state index is 9.25. The molecule has 0 bridgehead atoms. The zero-order valence-electron chi connectivity index (χ0n) is 10.5. The topological polar surface area (TPSA) is 28.7 Å². The van der Waals surface area contributed by atoms with Gasteiger partial charge < -0.3 is 4.57 Å². The molecule has 0 unspecified atom stereocenters. The molecule has 2 aromatic carbocycles. The quantitative estimate of drug-likeness (QED) is 0.644. The molecular weight excluding hydrogens is 336 g/mol. The first-order chi connectivity index (χ1) is 9.67. The smallest absolute Gasteiger partial charge is 0.101 e. The number of nitriles is 1. The van der Waals surface area contributed by atoms with Crippen molar-refractivity contribution in [2.24, 2.45) is 0 Å². The van der Waals surface area contributed by atoms with Gasteiger partial charge in [-0.25, -0.2) is 0 Å². The van der Waals surface area contributed by atoms with Gasteiger partial charge in [0.2, 0.25) is 0 Å². The summed E-state index contributed by atoms with van der Waals surface area (Å²) in [5.41, 5.74) is 2.90. The monoisotopic (exact) mass is 344 g/mol. The SMILES string of the molecule is N#Cc1cn(Cc2ccc(Cl)cc2)c2ccc(Br)cc12.